The van der Waals surface area contributed by atoms with E-state index in [0.717, 1.165) is 57.3 Å². The first-order chi connectivity index (χ1) is 14.9. The summed E-state index contributed by atoms with van der Waals surface area (Å²) in [5.74, 6) is 0.349. The zero-order chi connectivity index (χ0) is 21.2. The summed E-state index contributed by atoms with van der Waals surface area (Å²) in [6.45, 7) is 3.25. The normalized spacial score (nSPS) is 23.0. The molecule has 1 aromatic carbocycles. The third-order valence-corrected chi connectivity index (χ3v) is 9.47. The van der Waals surface area contributed by atoms with Crippen LogP contribution in [-0.2, 0) is 35.7 Å². The number of benzene rings is 1. The number of nitrogens with zero attached hydrogens (tertiary/aromatic N) is 4. The second-order valence-corrected chi connectivity index (χ2v) is 11.8. The van der Waals surface area contributed by atoms with E-state index in [4.69, 9.17) is 0 Å². The summed E-state index contributed by atoms with van der Waals surface area (Å²) in [5, 5.41) is 10.3. The summed E-state index contributed by atoms with van der Waals surface area (Å²) < 4.78 is 27.9. The summed E-state index contributed by atoms with van der Waals surface area (Å²) in [4.78, 5) is 6.67. The quantitative estimate of drug-likeness (QED) is 0.754. The van der Waals surface area contributed by atoms with Crippen LogP contribution in [0.15, 0.2) is 11.2 Å². The Morgan fingerprint density at radius 1 is 1.03 bits per heavy atom. The Labute approximate surface area is 183 Å². The lowest BCUT2D eigenvalue weighted by molar-refractivity contribution is -0.0172. The number of rotatable bonds is 4. The van der Waals surface area contributed by atoms with E-state index in [2.05, 4.69) is 38.5 Å². The molecular formula is C22H30N6O2S. The predicted octanol–water partition coefficient (Wildman–Crippen LogP) is 2.24. The first-order valence-corrected chi connectivity index (χ1v) is 12.9. The van der Waals surface area contributed by atoms with E-state index in [1.807, 2.05) is 0 Å². The van der Waals surface area contributed by atoms with Crippen molar-refractivity contribution in [1.29, 1.82) is 0 Å². The first-order valence-electron chi connectivity index (χ1n) is 11.5. The van der Waals surface area contributed by atoms with Crippen molar-refractivity contribution in [1.82, 2.24) is 24.4 Å². The van der Waals surface area contributed by atoms with Crippen molar-refractivity contribution in [2.75, 3.05) is 38.5 Å². The molecule has 6 rings (SSSR count). The van der Waals surface area contributed by atoms with Crippen LogP contribution in [0.2, 0.25) is 0 Å². The maximum atomic E-state index is 13.2. The summed E-state index contributed by atoms with van der Waals surface area (Å²) in [6.07, 6.45) is 8.54. The van der Waals surface area contributed by atoms with Crippen LogP contribution in [0.4, 0.5) is 11.6 Å². The van der Waals surface area contributed by atoms with Gasteiger partial charge in [0.15, 0.2) is 0 Å². The fourth-order valence-electron chi connectivity index (χ4n) is 6.24. The van der Waals surface area contributed by atoms with Crippen molar-refractivity contribution in [2.45, 2.75) is 56.5 Å². The van der Waals surface area contributed by atoms with Crippen molar-refractivity contribution in [3.63, 3.8) is 0 Å². The van der Waals surface area contributed by atoms with Crippen molar-refractivity contribution in [3.05, 3.63) is 28.3 Å². The average Bonchev–Trinajstić information content (AvgIpc) is 3.47. The number of likely N-dealkylation sites (tertiary alicyclic amines) is 1. The Kier molecular flexibility index (Phi) is 4.46. The molecule has 0 bridgehead atoms. The number of hydrogen-bond donors (Lipinski definition) is 2. The van der Waals surface area contributed by atoms with Gasteiger partial charge in [-0.05, 0) is 86.1 Å². The van der Waals surface area contributed by atoms with Crippen LogP contribution in [0.3, 0.4) is 0 Å². The number of fused-ring (bicyclic) bond motifs is 2. The lowest BCUT2D eigenvalue weighted by Gasteiger charge is -2.52. The number of piperidine rings is 1. The van der Waals surface area contributed by atoms with Gasteiger partial charge in [0.05, 0.1) is 0 Å². The van der Waals surface area contributed by atoms with E-state index in [9.17, 15) is 8.42 Å². The maximum absolute atomic E-state index is 13.2. The van der Waals surface area contributed by atoms with E-state index >= 15 is 0 Å². The summed E-state index contributed by atoms with van der Waals surface area (Å²) in [6, 6.07) is 2.38. The van der Waals surface area contributed by atoms with Gasteiger partial charge < -0.3 is 10.2 Å². The Hall–Kier alpha value is -1.97. The van der Waals surface area contributed by atoms with Crippen molar-refractivity contribution in [3.8, 4) is 0 Å². The Bertz CT molecular complexity index is 1090. The topological polar surface area (TPSA) is 94.2 Å². The second kappa shape index (κ2) is 7.02. The van der Waals surface area contributed by atoms with Gasteiger partial charge in [-0.3, -0.25) is 0 Å². The van der Waals surface area contributed by atoms with Crippen LogP contribution < -0.4 is 5.32 Å². The van der Waals surface area contributed by atoms with Gasteiger partial charge >= 0.3 is 0 Å². The maximum Gasteiger partial charge on any atom is 0.278 e. The molecule has 2 aliphatic heterocycles. The Balaban J connectivity index is 1.22. The second-order valence-electron chi connectivity index (χ2n) is 9.90. The highest BCUT2D eigenvalue weighted by Gasteiger charge is 2.45. The highest BCUT2D eigenvalue weighted by atomic mass is 32.2. The monoisotopic (exact) mass is 442 g/mol. The molecule has 2 N–H and O–H groups in total. The summed E-state index contributed by atoms with van der Waals surface area (Å²) in [7, 11) is -1.53. The molecule has 2 fully saturated rings. The fraction of sp³-hybridized carbons (Fsp3) is 0.636. The minimum absolute atomic E-state index is 0.0547. The molecule has 4 aliphatic rings. The van der Waals surface area contributed by atoms with Crippen molar-refractivity contribution in [2.24, 2.45) is 5.41 Å². The lowest BCUT2D eigenvalue weighted by Crippen LogP contribution is -2.59. The molecule has 0 unspecified atom stereocenters. The van der Waals surface area contributed by atoms with Gasteiger partial charge in [-0.1, -0.05) is 6.07 Å². The highest BCUT2D eigenvalue weighted by Crippen LogP contribution is 2.41. The fourth-order valence-corrected chi connectivity index (χ4v) is 7.51. The highest BCUT2D eigenvalue weighted by molar-refractivity contribution is 7.88. The molecule has 0 amide bonds. The van der Waals surface area contributed by atoms with Crippen LogP contribution in [0.25, 0.3) is 0 Å². The number of H-pyrrole nitrogens is 1. The SMILES string of the molecule is CN1CC2(CCN(S(=O)(=O)c3nc(Nc4c5c(cc6c4CCC6)CCC5)n[nH]3)CC2)C1. The molecule has 3 heterocycles. The molecule has 31 heavy (non-hydrogen) atoms. The molecule has 166 valence electrons. The number of anilines is 2. The number of aromatic nitrogens is 3. The number of nitrogens with one attached hydrogen (secondary N) is 2. The van der Waals surface area contributed by atoms with Gasteiger partial charge in [0, 0.05) is 31.9 Å². The van der Waals surface area contributed by atoms with Gasteiger partial charge in [-0.2, -0.15) is 9.29 Å². The van der Waals surface area contributed by atoms with Gasteiger partial charge in [-0.15, -0.1) is 5.10 Å². The molecular weight excluding hydrogens is 412 g/mol. The molecule has 2 aliphatic carbocycles. The molecule has 2 saturated heterocycles. The average molecular weight is 443 g/mol. The largest absolute Gasteiger partial charge is 0.322 e. The summed E-state index contributed by atoms with van der Waals surface area (Å²) in [5.41, 5.74) is 7.01. The zero-order valence-corrected chi connectivity index (χ0v) is 18.9. The van der Waals surface area contributed by atoms with Crippen LogP contribution in [0, 0.1) is 5.41 Å². The van der Waals surface area contributed by atoms with Gasteiger partial charge in [-0.25, -0.2) is 13.5 Å². The zero-order valence-electron chi connectivity index (χ0n) is 18.1. The minimum atomic E-state index is -3.65. The predicted molar refractivity (Wildman–Crippen MR) is 118 cm³/mol. The number of sulfonamides is 1. The molecule has 0 atom stereocenters. The molecule has 2 aromatic rings. The van der Waals surface area contributed by atoms with Crippen molar-refractivity contribution >= 4 is 21.7 Å². The minimum Gasteiger partial charge on any atom is -0.322 e. The molecule has 0 saturated carbocycles. The smallest absolute Gasteiger partial charge is 0.278 e. The number of aromatic amines is 1. The third kappa shape index (κ3) is 3.20. The standard InChI is InChI=1S/C22H30N6O2S/c1-27-13-22(14-27)8-10-28(11-9-22)31(29,30)21-24-20(25-26-21)23-19-17-6-2-4-15(17)12-16-5-3-7-18(16)19/h12H,2-11,13-14H2,1H3,(H2,23,24,25,26). The van der Waals surface area contributed by atoms with Crippen LogP contribution in [0.1, 0.15) is 47.9 Å². The van der Waals surface area contributed by atoms with E-state index in [-0.39, 0.29) is 5.16 Å². The van der Waals surface area contributed by atoms with E-state index < -0.39 is 10.0 Å². The van der Waals surface area contributed by atoms with E-state index in [1.54, 1.807) is 4.31 Å². The lowest BCUT2D eigenvalue weighted by atomic mass is 9.73. The number of hydrogen-bond acceptors (Lipinski definition) is 6. The van der Waals surface area contributed by atoms with Crippen LogP contribution in [0.5, 0.6) is 0 Å². The van der Waals surface area contributed by atoms with Crippen LogP contribution in [-0.4, -0.2) is 66.0 Å². The van der Waals surface area contributed by atoms with E-state index in [0.29, 0.717) is 24.5 Å². The molecule has 1 spiro atoms. The third-order valence-electron chi connectivity index (χ3n) is 7.75. The summed E-state index contributed by atoms with van der Waals surface area (Å²) >= 11 is 0. The van der Waals surface area contributed by atoms with Gasteiger partial charge in [0.25, 0.3) is 15.2 Å². The molecule has 9 heteroatoms. The molecule has 0 radical (unpaired) electrons. The molecule has 1 aromatic heterocycles. The van der Waals surface area contributed by atoms with Gasteiger partial charge in [0.2, 0.25) is 5.95 Å². The number of aryl methyl sites for hydroxylation is 2. The van der Waals surface area contributed by atoms with E-state index in [1.165, 1.54) is 35.1 Å². The Morgan fingerprint density at radius 3 is 2.29 bits per heavy atom. The van der Waals surface area contributed by atoms with Gasteiger partial charge in [0.1, 0.15) is 0 Å². The molecule has 8 nitrogen and oxygen atoms in total. The van der Waals surface area contributed by atoms with Crippen LogP contribution >= 0.6 is 0 Å². The van der Waals surface area contributed by atoms with Crippen molar-refractivity contribution < 1.29 is 8.42 Å². The first kappa shape index (κ1) is 19.7. The Morgan fingerprint density at radius 2 is 1.68 bits per heavy atom.